The van der Waals surface area contributed by atoms with E-state index >= 15 is 0 Å². The molecule has 0 atom stereocenters. The maximum absolute atomic E-state index is 5.24. The molecule has 8 bridgehead atoms. The molecule has 5 heterocycles. The summed E-state index contributed by atoms with van der Waals surface area (Å²) >= 11 is 0. The fourth-order valence-electron chi connectivity index (χ4n) is 8.41. The second-order valence-corrected chi connectivity index (χ2v) is 14.5. The zero-order chi connectivity index (χ0) is 36.5. The van der Waals surface area contributed by atoms with Gasteiger partial charge in [0, 0.05) is 65.6 Å². The quantitative estimate of drug-likeness (QED) is 0.145. The van der Waals surface area contributed by atoms with Crippen molar-refractivity contribution in [2.75, 3.05) is 0 Å². The maximum atomic E-state index is 5.24. The minimum absolute atomic E-state index is 0. The van der Waals surface area contributed by atoms with E-state index in [4.69, 9.17) is 39.9 Å². The molecule has 0 aliphatic carbocycles. The molecule has 0 fully saturated rings. The van der Waals surface area contributed by atoms with E-state index < -0.39 is 0 Å². The molecule has 8 aromatic rings. The number of hydrogen-bond acceptors (Lipinski definition) is 8. The second-order valence-electron chi connectivity index (χ2n) is 14.5. The molecule has 0 radical (unpaired) electrons. The number of rotatable bonds is 0. The van der Waals surface area contributed by atoms with E-state index in [1.807, 2.05) is 48.5 Å². The molecule has 0 saturated heterocycles. The Bertz CT molecular complexity index is 3000. The van der Waals surface area contributed by atoms with Crippen LogP contribution in [0.1, 0.15) is 44.5 Å². The van der Waals surface area contributed by atoms with E-state index in [0.717, 1.165) is 87.6 Å². The van der Waals surface area contributed by atoms with Gasteiger partial charge in [-0.25, -0.2) is 39.9 Å². The SMILES string of the molecule is [Pt].c1ccc2cc3c(cc2c1)C1=NC3=NC2=NC(=NC3=NC(=NC4=NC(=N1)c1cc5ccccc5cc14)c1cc4ccccc4cc13)c1cc3ccccc3cc12. The Balaban J connectivity index is 0.00000356. The second kappa shape index (κ2) is 11.9. The van der Waals surface area contributed by atoms with Gasteiger partial charge < -0.3 is 0 Å². The predicted octanol–water partition coefficient (Wildman–Crippen LogP) is 9.44. The fraction of sp³-hybridized carbons (Fsp3) is 0. The van der Waals surface area contributed by atoms with Crippen molar-refractivity contribution in [3.05, 3.63) is 190 Å². The van der Waals surface area contributed by atoms with Crippen LogP contribution in [0.2, 0.25) is 0 Å². The van der Waals surface area contributed by atoms with Crippen LogP contribution in [-0.2, 0) is 21.1 Å². The Hall–Kier alpha value is -7.15. The van der Waals surface area contributed by atoms with Crippen LogP contribution in [0.15, 0.2) is 186 Å². The summed E-state index contributed by atoms with van der Waals surface area (Å²) in [6, 6.07) is 50.4. The van der Waals surface area contributed by atoms with Crippen LogP contribution in [0.4, 0.5) is 0 Å². The van der Waals surface area contributed by atoms with Crippen molar-refractivity contribution in [2.24, 2.45) is 39.9 Å². The van der Waals surface area contributed by atoms with Gasteiger partial charge in [0.25, 0.3) is 0 Å². The average molecular weight is 908 g/mol. The Morgan fingerprint density at radius 1 is 0.193 bits per heavy atom. The summed E-state index contributed by atoms with van der Waals surface area (Å²) < 4.78 is 0. The van der Waals surface area contributed by atoms with Gasteiger partial charge in [-0.05, 0) is 91.6 Å². The van der Waals surface area contributed by atoms with Crippen LogP contribution in [0, 0.1) is 0 Å². The third-order valence-corrected chi connectivity index (χ3v) is 11.2. The van der Waals surface area contributed by atoms with Crippen molar-refractivity contribution in [3.8, 4) is 0 Å². The zero-order valence-electron chi connectivity index (χ0n) is 29.8. The van der Waals surface area contributed by atoms with Crippen LogP contribution >= 0.6 is 0 Å². The van der Waals surface area contributed by atoms with Gasteiger partial charge in [0.05, 0.1) is 0 Å². The summed E-state index contributed by atoms with van der Waals surface area (Å²) in [7, 11) is 0. The van der Waals surface area contributed by atoms with Gasteiger partial charge in [-0.3, -0.25) is 0 Å². The van der Waals surface area contributed by atoms with Crippen LogP contribution in [0.5, 0.6) is 0 Å². The summed E-state index contributed by atoms with van der Waals surface area (Å²) in [5.41, 5.74) is 7.06. The predicted molar refractivity (Wildman–Crippen MR) is 228 cm³/mol. The molecule has 13 rings (SSSR count). The van der Waals surface area contributed by atoms with Gasteiger partial charge >= 0.3 is 0 Å². The van der Waals surface area contributed by atoms with Gasteiger partial charge in [0.15, 0.2) is 46.7 Å². The zero-order valence-corrected chi connectivity index (χ0v) is 32.0. The van der Waals surface area contributed by atoms with E-state index in [2.05, 4.69) is 97.1 Å². The summed E-state index contributed by atoms with van der Waals surface area (Å²) in [4.78, 5) is 41.6. The average Bonchev–Trinajstić information content (AvgIpc) is 3.95. The van der Waals surface area contributed by atoms with E-state index in [9.17, 15) is 0 Å². The molecule has 57 heavy (non-hydrogen) atoms. The van der Waals surface area contributed by atoms with Gasteiger partial charge in [0.2, 0.25) is 0 Å². The molecule has 8 nitrogen and oxygen atoms in total. The minimum Gasteiger partial charge on any atom is -0.208 e. The molecule has 0 amide bonds. The van der Waals surface area contributed by atoms with Gasteiger partial charge in [-0.2, -0.15) is 0 Å². The minimum atomic E-state index is 0. The summed E-state index contributed by atoms with van der Waals surface area (Å²) in [5, 5.41) is 8.70. The van der Waals surface area contributed by atoms with E-state index in [1.54, 1.807) is 0 Å². The summed E-state index contributed by atoms with van der Waals surface area (Å²) in [6.45, 7) is 0. The van der Waals surface area contributed by atoms with E-state index in [1.165, 1.54) is 0 Å². The molecule has 0 aromatic heterocycles. The fourth-order valence-corrected chi connectivity index (χ4v) is 8.41. The summed E-state index contributed by atoms with van der Waals surface area (Å²) in [5.74, 6) is 4.28. The smallest absolute Gasteiger partial charge is 0.164 e. The topological polar surface area (TPSA) is 98.9 Å². The largest absolute Gasteiger partial charge is 0.208 e. The summed E-state index contributed by atoms with van der Waals surface area (Å²) in [6.07, 6.45) is 0. The molecule has 0 unspecified atom stereocenters. The third-order valence-electron chi connectivity index (χ3n) is 11.2. The maximum Gasteiger partial charge on any atom is 0.164 e. The molecule has 9 heteroatoms. The number of aliphatic imine (C=N–C) groups is 8. The Morgan fingerprint density at radius 3 is 0.439 bits per heavy atom. The standard InChI is InChI=1S/C48H24N8.Pt/c1-2-10-26-18-34-33(17-25(26)9-1)41-49-42(34)54-44-37-21-29-13-5-6-14-30(29)22-38(37)46(51-44)56-48-40-24-32-16-8-7-15-31(32)23-39(40)47(52-48)55-45-36-20-28-12-4-3-11-27(28)19-35(36)43(50-45)53-41;/h1-24H;. The Morgan fingerprint density at radius 2 is 0.316 bits per heavy atom. The Kier molecular flexibility index (Phi) is 6.72. The van der Waals surface area contributed by atoms with Crippen molar-refractivity contribution < 1.29 is 21.1 Å². The van der Waals surface area contributed by atoms with Crippen LogP contribution in [-0.4, -0.2) is 46.7 Å². The number of nitrogens with zero attached hydrogens (tertiary/aromatic N) is 8. The molecule has 0 spiro atoms. The first-order chi connectivity index (χ1) is 27.7. The van der Waals surface area contributed by atoms with Gasteiger partial charge in [0.1, 0.15) is 0 Å². The van der Waals surface area contributed by atoms with Crippen LogP contribution < -0.4 is 0 Å². The van der Waals surface area contributed by atoms with Crippen molar-refractivity contribution in [1.29, 1.82) is 0 Å². The van der Waals surface area contributed by atoms with Crippen molar-refractivity contribution >= 4 is 89.8 Å². The van der Waals surface area contributed by atoms with Crippen molar-refractivity contribution in [1.82, 2.24) is 0 Å². The Labute approximate surface area is 339 Å². The molecule has 266 valence electrons. The van der Waals surface area contributed by atoms with Gasteiger partial charge in [-0.1, -0.05) is 97.1 Å². The number of benzene rings is 8. The monoisotopic (exact) mass is 907 g/mol. The normalized spacial score (nSPS) is 15.7. The first-order valence-electron chi connectivity index (χ1n) is 18.5. The van der Waals surface area contributed by atoms with Crippen LogP contribution in [0.25, 0.3) is 43.1 Å². The first kappa shape index (κ1) is 32.1. The molecule has 5 aliphatic rings. The van der Waals surface area contributed by atoms with Gasteiger partial charge in [-0.15, -0.1) is 0 Å². The third kappa shape index (κ3) is 4.84. The molecule has 0 N–H and O–H groups in total. The first-order valence-corrected chi connectivity index (χ1v) is 18.5. The molecule has 8 aromatic carbocycles. The molecular formula is C48H24N8Pt. The molecule has 0 saturated carbocycles. The number of hydrogen-bond donors (Lipinski definition) is 0. The molecular weight excluding hydrogens is 884 g/mol. The molecule has 5 aliphatic heterocycles. The van der Waals surface area contributed by atoms with E-state index in [-0.39, 0.29) is 21.1 Å². The van der Waals surface area contributed by atoms with Crippen LogP contribution in [0.3, 0.4) is 0 Å². The number of amidine groups is 8. The van der Waals surface area contributed by atoms with Crippen molar-refractivity contribution in [2.45, 2.75) is 0 Å². The van der Waals surface area contributed by atoms with E-state index in [0.29, 0.717) is 46.7 Å². The number of fused-ring (bicyclic) bond motifs is 20. The van der Waals surface area contributed by atoms with Crippen molar-refractivity contribution in [3.63, 3.8) is 0 Å².